The van der Waals surface area contributed by atoms with Crippen molar-refractivity contribution in [3.63, 3.8) is 0 Å². The van der Waals surface area contributed by atoms with Crippen LogP contribution in [0.4, 0.5) is 0 Å². The SMILES string of the molecule is CC1CCCCN1C(=O)c1csc(-c2cc3ccccc3[nH]2)n1. The Labute approximate surface area is 139 Å². The van der Waals surface area contributed by atoms with E-state index in [0.717, 1.165) is 41.0 Å². The summed E-state index contributed by atoms with van der Waals surface area (Å²) in [5.41, 5.74) is 2.63. The van der Waals surface area contributed by atoms with Crippen molar-refractivity contribution < 1.29 is 4.79 Å². The lowest BCUT2D eigenvalue weighted by Gasteiger charge is -2.32. The van der Waals surface area contributed by atoms with Crippen LogP contribution in [0, 0.1) is 0 Å². The molecule has 5 heteroatoms. The van der Waals surface area contributed by atoms with Gasteiger partial charge in [0.2, 0.25) is 0 Å². The van der Waals surface area contributed by atoms with Gasteiger partial charge in [0, 0.05) is 28.9 Å². The van der Waals surface area contributed by atoms with Crippen LogP contribution >= 0.6 is 11.3 Å². The van der Waals surface area contributed by atoms with Gasteiger partial charge in [-0.25, -0.2) is 4.98 Å². The van der Waals surface area contributed by atoms with E-state index >= 15 is 0 Å². The van der Waals surface area contributed by atoms with Crippen LogP contribution in [-0.4, -0.2) is 33.4 Å². The largest absolute Gasteiger partial charge is 0.353 e. The summed E-state index contributed by atoms with van der Waals surface area (Å²) in [7, 11) is 0. The number of hydrogen-bond donors (Lipinski definition) is 1. The molecule has 3 heterocycles. The lowest BCUT2D eigenvalue weighted by Crippen LogP contribution is -2.42. The molecule has 0 spiro atoms. The summed E-state index contributed by atoms with van der Waals surface area (Å²) < 4.78 is 0. The number of H-pyrrole nitrogens is 1. The molecule has 0 bridgehead atoms. The van der Waals surface area contributed by atoms with E-state index in [9.17, 15) is 4.79 Å². The fourth-order valence-corrected chi connectivity index (χ4v) is 4.00. The van der Waals surface area contributed by atoms with Crippen molar-refractivity contribution in [2.24, 2.45) is 0 Å². The molecule has 1 aromatic carbocycles. The number of nitrogens with one attached hydrogen (secondary N) is 1. The summed E-state index contributed by atoms with van der Waals surface area (Å²) in [5, 5.41) is 3.91. The van der Waals surface area contributed by atoms with Gasteiger partial charge in [0.15, 0.2) is 0 Å². The quantitative estimate of drug-likeness (QED) is 0.763. The number of likely N-dealkylation sites (tertiary alicyclic amines) is 1. The Kier molecular flexibility index (Phi) is 3.65. The van der Waals surface area contributed by atoms with Gasteiger partial charge in [0.1, 0.15) is 10.7 Å². The van der Waals surface area contributed by atoms with E-state index in [1.54, 1.807) is 0 Å². The Morgan fingerprint density at radius 2 is 2.22 bits per heavy atom. The predicted octanol–water partition coefficient (Wildman–Crippen LogP) is 4.31. The zero-order valence-corrected chi connectivity index (χ0v) is 13.9. The minimum absolute atomic E-state index is 0.0656. The number of aromatic amines is 1. The summed E-state index contributed by atoms with van der Waals surface area (Å²) in [4.78, 5) is 22.6. The molecule has 1 atom stereocenters. The summed E-state index contributed by atoms with van der Waals surface area (Å²) in [6, 6.07) is 10.6. The first kappa shape index (κ1) is 14.5. The summed E-state index contributed by atoms with van der Waals surface area (Å²) in [5.74, 6) is 0.0656. The van der Waals surface area contributed by atoms with Crippen molar-refractivity contribution in [2.45, 2.75) is 32.2 Å². The Bertz CT molecular complexity index is 818. The smallest absolute Gasteiger partial charge is 0.273 e. The number of thiazole rings is 1. The van der Waals surface area contributed by atoms with E-state index in [-0.39, 0.29) is 5.91 Å². The standard InChI is InChI=1S/C18H19N3OS/c1-12-6-4-5-9-21(12)18(22)16-11-23-17(20-16)15-10-13-7-2-3-8-14(13)19-15/h2-3,7-8,10-12,19H,4-6,9H2,1H3. The molecule has 1 amide bonds. The zero-order chi connectivity index (χ0) is 15.8. The third kappa shape index (κ3) is 2.65. The molecule has 0 saturated carbocycles. The van der Waals surface area contributed by atoms with E-state index in [1.807, 2.05) is 28.5 Å². The predicted molar refractivity (Wildman–Crippen MR) is 93.8 cm³/mol. The van der Waals surface area contributed by atoms with E-state index < -0.39 is 0 Å². The van der Waals surface area contributed by atoms with Crippen LogP contribution in [0.15, 0.2) is 35.7 Å². The highest BCUT2D eigenvalue weighted by Crippen LogP contribution is 2.28. The minimum atomic E-state index is 0.0656. The molecule has 23 heavy (non-hydrogen) atoms. The number of nitrogens with zero attached hydrogens (tertiary/aromatic N) is 2. The summed E-state index contributed by atoms with van der Waals surface area (Å²) in [6.07, 6.45) is 3.39. The van der Waals surface area contributed by atoms with Crippen LogP contribution in [0.3, 0.4) is 0 Å². The first-order valence-corrected chi connectivity index (χ1v) is 8.95. The zero-order valence-electron chi connectivity index (χ0n) is 13.1. The van der Waals surface area contributed by atoms with Gasteiger partial charge in [-0.1, -0.05) is 18.2 Å². The topological polar surface area (TPSA) is 49.0 Å². The lowest BCUT2D eigenvalue weighted by atomic mass is 10.0. The van der Waals surface area contributed by atoms with Crippen molar-refractivity contribution in [3.05, 3.63) is 41.4 Å². The molecule has 4 rings (SSSR count). The molecule has 0 radical (unpaired) electrons. The van der Waals surface area contributed by atoms with Crippen molar-refractivity contribution in [1.82, 2.24) is 14.9 Å². The second-order valence-electron chi connectivity index (χ2n) is 6.15. The van der Waals surface area contributed by atoms with Crippen molar-refractivity contribution in [2.75, 3.05) is 6.54 Å². The van der Waals surface area contributed by atoms with Gasteiger partial charge in [-0.05, 0) is 38.3 Å². The number of carbonyl (C=O) groups excluding carboxylic acids is 1. The Balaban J connectivity index is 1.62. The fraction of sp³-hybridized carbons (Fsp3) is 0.333. The van der Waals surface area contributed by atoms with Crippen molar-refractivity contribution in [3.8, 4) is 10.7 Å². The normalized spacial score (nSPS) is 18.5. The second-order valence-corrected chi connectivity index (χ2v) is 7.01. The molecular formula is C18H19N3OS. The Morgan fingerprint density at radius 1 is 1.35 bits per heavy atom. The van der Waals surface area contributed by atoms with Crippen molar-refractivity contribution in [1.29, 1.82) is 0 Å². The Hall–Kier alpha value is -2.14. The molecule has 1 fully saturated rings. The Morgan fingerprint density at radius 3 is 3.04 bits per heavy atom. The number of rotatable bonds is 2. The lowest BCUT2D eigenvalue weighted by molar-refractivity contribution is 0.0630. The van der Waals surface area contributed by atoms with E-state index in [2.05, 4.69) is 29.0 Å². The monoisotopic (exact) mass is 325 g/mol. The maximum atomic E-state index is 12.7. The van der Waals surface area contributed by atoms with Gasteiger partial charge >= 0.3 is 0 Å². The van der Waals surface area contributed by atoms with E-state index in [0.29, 0.717) is 11.7 Å². The second kappa shape index (κ2) is 5.81. The van der Waals surface area contributed by atoms with E-state index in [4.69, 9.17) is 0 Å². The number of hydrogen-bond acceptors (Lipinski definition) is 3. The average molecular weight is 325 g/mol. The first-order valence-electron chi connectivity index (χ1n) is 8.07. The number of fused-ring (bicyclic) bond motifs is 1. The van der Waals surface area contributed by atoms with Crippen molar-refractivity contribution >= 4 is 28.1 Å². The molecule has 1 N–H and O–H groups in total. The fourth-order valence-electron chi connectivity index (χ4n) is 3.23. The van der Waals surface area contributed by atoms with Gasteiger partial charge in [0.25, 0.3) is 5.91 Å². The molecule has 118 valence electrons. The molecule has 1 unspecified atom stereocenters. The molecular weight excluding hydrogens is 306 g/mol. The van der Waals surface area contributed by atoms with Gasteiger partial charge in [-0.3, -0.25) is 4.79 Å². The van der Waals surface area contributed by atoms with Crippen LogP contribution in [0.5, 0.6) is 0 Å². The number of carbonyl (C=O) groups is 1. The maximum Gasteiger partial charge on any atom is 0.273 e. The van der Waals surface area contributed by atoms with Gasteiger partial charge < -0.3 is 9.88 Å². The van der Waals surface area contributed by atoms with Crippen LogP contribution in [0.1, 0.15) is 36.7 Å². The molecule has 3 aromatic rings. The van der Waals surface area contributed by atoms with Crippen LogP contribution in [-0.2, 0) is 0 Å². The highest BCUT2D eigenvalue weighted by Gasteiger charge is 2.26. The first-order chi connectivity index (χ1) is 11.2. The highest BCUT2D eigenvalue weighted by atomic mass is 32.1. The average Bonchev–Trinajstić information content (AvgIpc) is 3.21. The molecule has 1 aliphatic heterocycles. The molecule has 2 aromatic heterocycles. The van der Waals surface area contributed by atoms with Crippen LogP contribution < -0.4 is 0 Å². The molecule has 1 saturated heterocycles. The minimum Gasteiger partial charge on any atom is -0.353 e. The van der Waals surface area contributed by atoms with Gasteiger partial charge in [-0.15, -0.1) is 11.3 Å². The number of amides is 1. The van der Waals surface area contributed by atoms with Crippen LogP contribution in [0.25, 0.3) is 21.6 Å². The van der Waals surface area contributed by atoms with Gasteiger partial charge in [-0.2, -0.15) is 0 Å². The molecule has 1 aliphatic rings. The number of aromatic nitrogens is 2. The molecule has 0 aliphatic carbocycles. The highest BCUT2D eigenvalue weighted by molar-refractivity contribution is 7.13. The molecule has 4 nitrogen and oxygen atoms in total. The maximum absolute atomic E-state index is 12.7. The summed E-state index contributed by atoms with van der Waals surface area (Å²) >= 11 is 1.52. The van der Waals surface area contributed by atoms with E-state index in [1.165, 1.54) is 17.8 Å². The third-order valence-electron chi connectivity index (χ3n) is 4.55. The number of para-hydroxylation sites is 1. The summed E-state index contributed by atoms with van der Waals surface area (Å²) in [6.45, 7) is 2.97. The van der Waals surface area contributed by atoms with Crippen LogP contribution in [0.2, 0.25) is 0 Å². The number of piperidine rings is 1. The van der Waals surface area contributed by atoms with Gasteiger partial charge in [0.05, 0.1) is 5.69 Å². The number of benzene rings is 1. The third-order valence-corrected chi connectivity index (χ3v) is 5.42.